The van der Waals surface area contributed by atoms with Gasteiger partial charge >= 0.3 is 0 Å². The lowest BCUT2D eigenvalue weighted by Gasteiger charge is -2.05. The van der Waals surface area contributed by atoms with Crippen molar-refractivity contribution in [2.45, 2.75) is 6.54 Å². The molecule has 0 aliphatic rings. The Kier molecular flexibility index (Phi) is 2.94. The first-order valence-electron chi connectivity index (χ1n) is 6.92. The van der Waals surface area contributed by atoms with E-state index in [1.165, 1.54) is 10.6 Å². The molecule has 0 atom stereocenters. The molecule has 8 nitrogen and oxygen atoms in total. The number of hydrogen-bond donors (Lipinski definition) is 1. The second-order valence-corrected chi connectivity index (χ2v) is 4.96. The predicted molar refractivity (Wildman–Crippen MR) is 82.7 cm³/mol. The third-order valence-electron chi connectivity index (χ3n) is 3.38. The van der Waals surface area contributed by atoms with Crippen molar-refractivity contribution in [3.8, 4) is 11.6 Å². The van der Waals surface area contributed by atoms with Crippen LogP contribution in [0, 0.1) is 0 Å². The average Bonchev–Trinajstić information content (AvgIpc) is 3.18. The van der Waals surface area contributed by atoms with Gasteiger partial charge in [0, 0.05) is 18.3 Å². The fraction of sp³-hybridized carbons (Fsp3) is 0.0667. The third-order valence-corrected chi connectivity index (χ3v) is 3.38. The minimum absolute atomic E-state index is 0.106. The van der Waals surface area contributed by atoms with Gasteiger partial charge in [0.05, 0.1) is 18.5 Å². The van der Waals surface area contributed by atoms with Crippen LogP contribution in [0.3, 0.4) is 0 Å². The van der Waals surface area contributed by atoms with Gasteiger partial charge in [-0.1, -0.05) is 6.07 Å². The van der Waals surface area contributed by atoms with Crippen molar-refractivity contribution in [1.29, 1.82) is 0 Å². The number of nitrogens with two attached hydrogens (primary N) is 1. The van der Waals surface area contributed by atoms with Crippen LogP contribution in [0.2, 0.25) is 0 Å². The molecule has 4 rings (SSSR count). The minimum Gasteiger partial charge on any atom is -0.461 e. The van der Waals surface area contributed by atoms with Gasteiger partial charge in [0.1, 0.15) is 0 Å². The molecular formula is C15H12N6O2. The van der Waals surface area contributed by atoms with E-state index in [4.69, 9.17) is 10.2 Å². The first-order valence-corrected chi connectivity index (χ1v) is 6.92. The van der Waals surface area contributed by atoms with Gasteiger partial charge in [0.25, 0.3) is 5.56 Å². The van der Waals surface area contributed by atoms with Gasteiger partial charge in [0.2, 0.25) is 11.8 Å². The molecule has 8 heteroatoms. The van der Waals surface area contributed by atoms with Crippen LogP contribution in [0.25, 0.3) is 17.2 Å². The predicted octanol–water partition coefficient (Wildman–Crippen LogP) is 1.18. The van der Waals surface area contributed by atoms with Gasteiger partial charge in [-0.25, -0.2) is 9.97 Å². The number of pyridine rings is 1. The number of anilines is 1. The Morgan fingerprint density at radius 3 is 2.87 bits per heavy atom. The number of rotatable bonds is 3. The Bertz CT molecular complexity index is 1030. The molecule has 4 aromatic rings. The first-order chi connectivity index (χ1) is 11.2. The van der Waals surface area contributed by atoms with Crippen LogP contribution in [0.15, 0.2) is 58.1 Å². The third kappa shape index (κ3) is 2.35. The molecule has 0 unspecified atom stereocenters. The van der Waals surface area contributed by atoms with Crippen LogP contribution < -0.4 is 11.3 Å². The van der Waals surface area contributed by atoms with Gasteiger partial charge in [0.15, 0.2) is 11.4 Å². The molecule has 114 valence electrons. The summed E-state index contributed by atoms with van der Waals surface area (Å²) in [5.74, 6) is 1.18. The SMILES string of the molecule is Nc1nc(Cn2ccccc2=O)cc2nc(-c3ccco3)nn12. The highest BCUT2D eigenvalue weighted by Gasteiger charge is 2.12. The second kappa shape index (κ2) is 5.09. The Balaban J connectivity index is 1.78. The molecule has 0 aliphatic heterocycles. The fourth-order valence-corrected chi connectivity index (χ4v) is 2.32. The number of hydrogen-bond acceptors (Lipinski definition) is 6. The molecule has 4 aromatic heterocycles. The molecule has 0 bridgehead atoms. The van der Waals surface area contributed by atoms with Crippen molar-refractivity contribution in [2.24, 2.45) is 0 Å². The summed E-state index contributed by atoms with van der Waals surface area (Å²) >= 11 is 0. The van der Waals surface area contributed by atoms with E-state index in [1.807, 2.05) is 0 Å². The van der Waals surface area contributed by atoms with Gasteiger partial charge < -0.3 is 14.7 Å². The zero-order chi connectivity index (χ0) is 15.8. The molecule has 4 heterocycles. The second-order valence-electron chi connectivity index (χ2n) is 4.96. The summed E-state index contributed by atoms with van der Waals surface area (Å²) in [6.45, 7) is 0.309. The molecule has 0 aromatic carbocycles. The summed E-state index contributed by atoms with van der Waals surface area (Å²) in [6, 6.07) is 10.2. The number of nitrogens with zero attached hydrogens (tertiary/aromatic N) is 5. The Morgan fingerprint density at radius 1 is 1.17 bits per heavy atom. The van der Waals surface area contributed by atoms with Crippen LogP contribution in [0.1, 0.15) is 5.69 Å². The fourth-order valence-electron chi connectivity index (χ4n) is 2.32. The normalized spacial score (nSPS) is 11.1. The van der Waals surface area contributed by atoms with Crippen LogP contribution in [0.4, 0.5) is 5.95 Å². The molecule has 23 heavy (non-hydrogen) atoms. The van der Waals surface area contributed by atoms with Crippen LogP contribution in [0.5, 0.6) is 0 Å². The maximum Gasteiger partial charge on any atom is 0.250 e. The topological polar surface area (TPSA) is 104 Å². The number of fused-ring (bicyclic) bond motifs is 1. The largest absolute Gasteiger partial charge is 0.461 e. The summed E-state index contributed by atoms with van der Waals surface area (Å²) in [5, 5.41) is 4.28. The van der Waals surface area contributed by atoms with E-state index in [0.29, 0.717) is 29.5 Å². The molecule has 2 N–H and O–H groups in total. The summed E-state index contributed by atoms with van der Waals surface area (Å²) in [5.41, 5.74) is 7.01. The average molecular weight is 308 g/mol. The smallest absolute Gasteiger partial charge is 0.250 e. The summed E-state index contributed by atoms with van der Waals surface area (Å²) < 4.78 is 8.27. The van der Waals surface area contributed by atoms with Gasteiger partial charge in [-0.05, 0) is 18.2 Å². The van der Waals surface area contributed by atoms with Gasteiger partial charge in [-0.15, -0.1) is 5.10 Å². The summed E-state index contributed by atoms with van der Waals surface area (Å²) in [7, 11) is 0. The Hall–Kier alpha value is -3.42. The molecule has 0 radical (unpaired) electrons. The van der Waals surface area contributed by atoms with E-state index in [2.05, 4.69) is 15.1 Å². The summed E-state index contributed by atoms with van der Waals surface area (Å²) in [6.07, 6.45) is 3.25. The van der Waals surface area contributed by atoms with Crippen molar-refractivity contribution < 1.29 is 4.42 Å². The molecule has 0 amide bonds. The number of nitrogen functional groups attached to an aromatic ring is 1. The maximum absolute atomic E-state index is 11.8. The molecule has 0 saturated heterocycles. The lowest BCUT2D eigenvalue weighted by Crippen LogP contribution is -2.19. The van der Waals surface area contributed by atoms with Crippen molar-refractivity contribution in [2.75, 3.05) is 5.73 Å². The lowest BCUT2D eigenvalue weighted by atomic mass is 10.3. The molecular weight excluding hydrogens is 296 g/mol. The molecule has 0 spiro atoms. The highest BCUT2D eigenvalue weighted by molar-refractivity contribution is 5.54. The van der Waals surface area contributed by atoms with Crippen LogP contribution >= 0.6 is 0 Å². The van der Waals surface area contributed by atoms with E-state index in [0.717, 1.165) is 0 Å². The zero-order valence-electron chi connectivity index (χ0n) is 12.0. The first kappa shape index (κ1) is 13.3. The highest BCUT2D eigenvalue weighted by Crippen LogP contribution is 2.18. The van der Waals surface area contributed by atoms with E-state index >= 15 is 0 Å². The van der Waals surface area contributed by atoms with Gasteiger partial charge in [-0.2, -0.15) is 4.52 Å². The zero-order valence-corrected chi connectivity index (χ0v) is 12.0. The maximum atomic E-state index is 11.8. The minimum atomic E-state index is -0.106. The number of aromatic nitrogens is 5. The van der Waals surface area contributed by atoms with E-state index in [9.17, 15) is 4.79 Å². The van der Waals surface area contributed by atoms with E-state index < -0.39 is 0 Å². The van der Waals surface area contributed by atoms with Crippen molar-refractivity contribution >= 4 is 11.6 Å². The highest BCUT2D eigenvalue weighted by atomic mass is 16.3. The Morgan fingerprint density at radius 2 is 2.09 bits per heavy atom. The Labute approximate surface area is 129 Å². The van der Waals surface area contributed by atoms with Crippen molar-refractivity contribution in [1.82, 2.24) is 24.1 Å². The molecule has 0 aliphatic carbocycles. The van der Waals surface area contributed by atoms with Crippen molar-refractivity contribution in [3.05, 3.63) is 64.9 Å². The number of furan rings is 1. The van der Waals surface area contributed by atoms with Crippen molar-refractivity contribution in [3.63, 3.8) is 0 Å². The monoisotopic (exact) mass is 308 g/mol. The van der Waals surface area contributed by atoms with Gasteiger partial charge in [-0.3, -0.25) is 4.79 Å². The standard InChI is InChI=1S/C15H12N6O2/c16-15-17-10(9-20-6-2-1-5-13(20)22)8-12-18-14(19-21(12)15)11-4-3-7-23-11/h1-8H,9H2,(H2,16,17). The van der Waals surface area contributed by atoms with Crippen LogP contribution in [-0.4, -0.2) is 24.1 Å². The molecule has 0 fully saturated rings. The van der Waals surface area contributed by atoms with E-state index in [-0.39, 0.29) is 11.5 Å². The lowest BCUT2D eigenvalue weighted by molar-refractivity contribution is 0.577. The quantitative estimate of drug-likeness (QED) is 0.609. The summed E-state index contributed by atoms with van der Waals surface area (Å²) in [4.78, 5) is 20.5. The van der Waals surface area contributed by atoms with Crippen LogP contribution in [-0.2, 0) is 6.54 Å². The molecule has 0 saturated carbocycles. The van der Waals surface area contributed by atoms with E-state index in [1.54, 1.807) is 47.4 Å².